The normalized spacial score (nSPS) is 25.8. The molecule has 1 aliphatic carbocycles. The summed E-state index contributed by atoms with van der Waals surface area (Å²) in [4.78, 5) is 1.11. The van der Waals surface area contributed by atoms with Crippen LogP contribution in [-0.2, 0) is 0 Å². The predicted molar refractivity (Wildman–Crippen MR) is 68.4 cm³/mol. The third kappa shape index (κ3) is 3.36. The second kappa shape index (κ2) is 6.11. The predicted octanol–water partition coefficient (Wildman–Crippen LogP) is 4.68. The average molecular weight is 271 g/mol. The molecule has 0 spiro atoms. The molecule has 0 bridgehead atoms. The molecule has 0 aromatic carbocycles. The van der Waals surface area contributed by atoms with Gasteiger partial charge in [-0.3, -0.25) is 0 Å². The van der Waals surface area contributed by atoms with Crippen LogP contribution in [0.25, 0.3) is 0 Å². The summed E-state index contributed by atoms with van der Waals surface area (Å²) in [6.07, 6.45) is 14.8. The topological polar surface area (TPSA) is 0 Å². The van der Waals surface area contributed by atoms with Crippen molar-refractivity contribution in [1.82, 2.24) is 0 Å². The fourth-order valence-electron chi connectivity index (χ4n) is 2.78. The van der Waals surface area contributed by atoms with Crippen LogP contribution in [0.4, 0.5) is 0 Å². The van der Waals surface area contributed by atoms with Crippen LogP contribution < -0.4 is 0 Å². The summed E-state index contributed by atoms with van der Waals surface area (Å²) >= 11 is 0.905. The standard InChI is InChI=1S/C14H24Se/c1-2-3-4-5-9-13-11-12-8-6-7-10-14(12)15-13/h13H,2-11H2,1H3. The molecule has 1 atom stereocenters. The van der Waals surface area contributed by atoms with Gasteiger partial charge in [0.15, 0.2) is 0 Å². The van der Waals surface area contributed by atoms with E-state index in [2.05, 4.69) is 6.92 Å². The maximum absolute atomic E-state index is 2.31. The van der Waals surface area contributed by atoms with E-state index in [1.54, 1.807) is 0 Å². The molecule has 0 nitrogen and oxygen atoms in total. The number of unbranched alkanes of at least 4 members (excludes halogenated alkanes) is 3. The summed E-state index contributed by atoms with van der Waals surface area (Å²) in [7, 11) is 0. The quantitative estimate of drug-likeness (QED) is 0.503. The molecule has 0 saturated heterocycles. The van der Waals surface area contributed by atoms with Crippen molar-refractivity contribution in [1.29, 1.82) is 0 Å². The van der Waals surface area contributed by atoms with E-state index in [4.69, 9.17) is 0 Å². The molecule has 2 aliphatic rings. The molecule has 1 aliphatic heterocycles. The van der Waals surface area contributed by atoms with Gasteiger partial charge in [0.05, 0.1) is 0 Å². The van der Waals surface area contributed by atoms with E-state index >= 15 is 0 Å². The average Bonchev–Trinajstić information content (AvgIpc) is 2.67. The molecule has 0 radical (unpaired) electrons. The van der Waals surface area contributed by atoms with Gasteiger partial charge in [-0.25, -0.2) is 0 Å². The van der Waals surface area contributed by atoms with Crippen molar-refractivity contribution in [2.24, 2.45) is 0 Å². The molecule has 1 unspecified atom stereocenters. The van der Waals surface area contributed by atoms with Gasteiger partial charge in [0.2, 0.25) is 0 Å². The Morgan fingerprint density at radius 3 is 2.80 bits per heavy atom. The van der Waals surface area contributed by atoms with E-state index in [-0.39, 0.29) is 0 Å². The van der Waals surface area contributed by atoms with Crippen LogP contribution in [0, 0.1) is 0 Å². The fourth-order valence-corrected chi connectivity index (χ4v) is 6.10. The van der Waals surface area contributed by atoms with Gasteiger partial charge < -0.3 is 0 Å². The molecule has 1 heterocycles. The molecular weight excluding hydrogens is 247 g/mol. The van der Waals surface area contributed by atoms with Gasteiger partial charge in [-0.2, -0.15) is 0 Å². The van der Waals surface area contributed by atoms with E-state index in [0.717, 1.165) is 19.8 Å². The first-order chi connectivity index (χ1) is 7.40. The molecule has 0 saturated carbocycles. The maximum atomic E-state index is 2.31. The van der Waals surface area contributed by atoms with Crippen molar-refractivity contribution in [2.75, 3.05) is 0 Å². The Bertz CT molecular complexity index is 211. The summed E-state index contributed by atoms with van der Waals surface area (Å²) in [6.45, 7) is 2.31. The van der Waals surface area contributed by atoms with E-state index in [0.29, 0.717) is 0 Å². The first-order valence-electron chi connectivity index (χ1n) is 6.77. The van der Waals surface area contributed by atoms with Crippen LogP contribution in [0.15, 0.2) is 10.0 Å². The van der Waals surface area contributed by atoms with Crippen LogP contribution in [0.3, 0.4) is 0 Å². The van der Waals surface area contributed by atoms with Gasteiger partial charge in [-0.15, -0.1) is 0 Å². The van der Waals surface area contributed by atoms with Gasteiger partial charge in [0.25, 0.3) is 0 Å². The monoisotopic (exact) mass is 272 g/mol. The Hall–Kier alpha value is 0.259. The van der Waals surface area contributed by atoms with E-state index in [1.807, 2.05) is 10.0 Å². The minimum atomic E-state index is 0.905. The van der Waals surface area contributed by atoms with Crippen LogP contribution in [0.1, 0.15) is 71.1 Å². The Morgan fingerprint density at radius 1 is 1.13 bits per heavy atom. The zero-order valence-electron chi connectivity index (χ0n) is 10.1. The molecule has 0 aromatic heterocycles. The van der Waals surface area contributed by atoms with Crippen molar-refractivity contribution in [3.8, 4) is 0 Å². The van der Waals surface area contributed by atoms with Crippen LogP contribution >= 0.6 is 0 Å². The van der Waals surface area contributed by atoms with Crippen molar-refractivity contribution >= 4 is 15.0 Å². The van der Waals surface area contributed by atoms with Crippen LogP contribution in [0.2, 0.25) is 4.82 Å². The molecule has 1 heteroatoms. The Kier molecular flexibility index (Phi) is 4.78. The third-order valence-electron chi connectivity index (χ3n) is 3.69. The Balaban J connectivity index is 1.66. The SMILES string of the molecule is CCCCCCC1CC2=C(CCCC2)[Se]1. The second-order valence-electron chi connectivity index (χ2n) is 5.03. The van der Waals surface area contributed by atoms with Gasteiger partial charge in [0.1, 0.15) is 0 Å². The molecule has 15 heavy (non-hydrogen) atoms. The minimum absolute atomic E-state index is 0.905. The number of hydrogen-bond donors (Lipinski definition) is 0. The van der Waals surface area contributed by atoms with Crippen LogP contribution in [0.5, 0.6) is 0 Å². The molecule has 0 N–H and O–H groups in total. The summed E-state index contributed by atoms with van der Waals surface area (Å²) in [5.41, 5.74) is 1.90. The second-order valence-corrected chi connectivity index (χ2v) is 7.95. The first-order valence-corrected chi connectivity index (χ1v) is 8.62. The summed E-state index contributed by atoms with van der Waals surface area (Å²) in [5, 5.41) is 0. The Labute approximate surface area is 101 Å². The zero-order valence-corrected chi connectivity index (χ0v) is 11.8. The molecular formula is C14H24Se. The number of hydrogen-bond acceptors (Lipinski definition) is 0. The fraction of sp³-hybridized carbons (Fsp3) is 0.857. The number of rotatable bonds is 5. The van der Waals surface area contributed by atoms with Gasteiger partial charge in [-0.1, -0.05) is 0 Å². The molecule has 0 amide bonds. The summed E-state index contributed by atoms with van der Waals surface area (Å²) < 4.78 is 1.94. The summed E-state index contributed by atoms with van der Waals surface area (Å²) in [5.74, 6) is 0. The first kappa shape index (κ1) is 11.7. The van der Waals surface area contributed by atoms with Crippen molar-refractivity contribution in [2.45, 2.75) is 75.9 Å². The van der Waals surface area contributed by atoms with E-state index in [1.165, 1.54) is 64.2 Å². The van der Waals surface area contributed by atoms with Crippen LogP contribution in [-0.4, -0.2) is 15.0 Å². The summed E-state index contributed by atoms with van der Waals surface area (Å²) in [6, 6.07) is 0. The third-order valence-corrected chi connectivity index (χ3v) is 6.86. The van der Waals surface area contributed by atoms with Crippen molar-refractivity contribution in [3.05, 3.63) is 10.0 Å². The Morgan fingerprint density at radius 2 is 2.00 bits per heavy atom. The molecule has 2 rings (SSSR count). The van der Waals surface area contributed by atoms with Crippen molar-refractivity contribution < 1.29 is 0 Å². The van der Waals surface area contributed by atoms with Gasteiger partial charge in [-0.05, 0) is 0 Å². The molecule has 0 fully saturated rings. The number of allylic oxidation sites excluding steroid dienone is 2. The molecule has 0 aromatic rings. The van der Waals surface area contributed by atoms with Gasteiger partial charge >= 0.3 is 101 Å². The molecule has 86 valence electrons. The van der Waals surface area contributed by atoms with E-state index in [9.17, 15) is 0 Å². The zero-order chi connectivity index (χ0) is 10.5. The van der Waals surface area contributed by atoms with Crippen molar-refractivity contribution in [3.63, 3.8) is 0 Å². The van der Waals surface area contributed by atoms with Gasteiger partial charge in [0, 0.05) is 0 Å². The van der Waals surface area contributed by atoms with E-state index < -0.39 is 0 Å².